The Bertz CT molecular complexity index is 947. The molecule has 1 N–H and O–H groups in total. The van der Waals surface area contributed by atoms with Gasteiger partial charge in [0, 0.05) is 11.8 Å². The predicted octanol–water partition coefficient (Wildman–Crippen LogP) is 2.56. The number of nitrogens with zero attached hydrogens (tertiary/aromatic N) is 2. The van der Waals surface area contributed by atoms with E-state index in [0.717, 1.165) is 28.9 Å². The molecule has 1 aliphatic carbocycles. The van der Waals surface area contributed by atoms with Crippen molar-refractivity contribution in [2.45, 2.75) is 31.4 Å². The first-order valence-electron chi connectivity index (χ1n) is 8.98. The summed E-state index contributed by atoms with van der Waals surface area (Å²) in [5.74, 6) is -1.07. The Hall–Kier alpha value is -2.93. The van der Waals surface area contributed by atoms with Crippen LogP contribution in [-0.2, 0) is 32.9 Å². The maximum absolute atomic E-state index is 13.1. The summed E-state index contributed by atoms with van der Waals surface area (Å²) >= 11 is 5.72. The number of nitrogens with one attached hydrogen (secondary N) is 1. The van der Waals surface area contributed by atoms with Gasteiger partial charge in [0.15, 0.2) is 0 Å². The van der Waals surface area contributed by atoms with Gasteiger partial charge in [-0.15, -0.1) is 0 Å². The molecular formula is C20H18ClN3O4. The highest BCUT2D eigenvalue weighted by atomic mass is 35.5. The molecule has 144 valence electrons. The van der Waals surface area contributed by atoms with Gasteiger partial charge < -0.3 is 10.1 Å². The number of aryl methyl sites for hydroxylation is 1. The van der Waals surface area contributed by atoms with Crippen molar-refractivity contribution in [1.29, 1.82) is 0 Å². The molecule has 3 amide bonds. The molecule has 28 heavy (non-hydrogen) atoms. The zero-order valence-corrected chi connectivity index (χ0v) is 15.7. The molecule has 1 unspecified atom stereocenters. The van der Waals surface area contributed by atoms with Gasteiger partial charge in [-0.2, -0.15) is 0 Å². The van der Waals surface area contributed by atoms with Gasteiger partial charge >= 0.3 is 12.0 Å². The number of esters is 1. The van der Waals surface area contributed by atoms with Crippen molar-refractivity contribution in [3.63, 3.8) is 0 Å². The topological polar surface area (TPSA) is 88.6 Å². The van der Waals surface area contributed by atoms with Crippen molar-refractivity contribution in [2.75, 3.05) is 6.54 Å². The van der Waals surface area contributed by atoms with E-state index in [1.165, 1.54) is 6.20 Å². The molecule has 1 saturated heterocycles. The third-order valence-corrected chi connectivity index (χ3v) is 5.35. The third kappa shape index (κ3) is 3.22. The van der Waals surface area contributed by atoms with Crippen LogP contribution in [0.2, 0.25) is 5.15 Å². The van der Waals surface area contributed by atoms with Crippen molar-refractivity contribution < 1.29 is 19.1 Å². The number of rotatable bonds is 4. The number of fused-ring (bicyclic) bond motifs is 2. The predicted molar refractivity (Wildman–Crippen MR) is 100 cm³/mol. The molecule has 4 rings (SSSR count). The van der Waals surface area contributed by atoms with Crippen LogP contribution in [-0.4, -0.2) is 34.3 Å². The highest BCUT2D eigenvalue weighted by Gasteiger charge is 2.54. The lowest BCUT2D eigenvalue weighted by Gasteiger charge is -2.33. The smallest absolute Gasteiger partial charge is 0.326 e. The molecule has 2 aromatic rings. The second-order valence-electron chi connectivity index (χ2n) is 6.89. The van der Waals surface area contributed by atoms with Gasteiger partial charge in [0.2, 0.25) is 0 Å². The summed E-state index contributed by atoms with van der Waals surface area (Å²) in [6.07, 6.45) is 3.65. The summed E-state index contributed by atoms with van der Waals surface area (Å²) in [6.45, 7) is -0.448. The molecule has 7 nitrogen and oxygen atoms in total. The SMILES string of the molecule is O=C(CN1C(=O)NC2(CCCc3ccccc32)C1=O)OCc1ccc(Cl)nc1. The van der Waals surface area contributed by atoms with E-state index < -0.39 is 30.0 Å². The van der Waals surface area contributed by atoms with Crippen LogP contribution in [0.4, 0.5) is 4.79 Å². The number of carbonyl (C=O) groups is 3. The maximum Gasteiger partial charge on any atom is 0.326 e. The van der Waals surface area contributed by atoms with Crippen molar-refractivity contribution in [3.05, 3.63) is 64.4 Å². The van der Waals surface area contributed by atoms with E-state index in [-0.39, 0.29) is 6.61 Å². The van der Waals surface area contributed by atoms with Crippen LogP contribution in [0.15, 0.2) is 42.6 Å². The minimum Gasteiger partial charge on any atom is -0.459 e. The Morgan fingerprint density at radius 1 is 1.25 bits per heavy atom. The molecule has 1 atom stereocenters. The average molecular weight is 400 g/mol. The Kier molecular flexibility index (Phi) is 4.77. The first-order valence-corrected chi connectivity index (χ1v) is 9.36. The Balaban J connectivity index is 1.46. The van der Waals surface area contributed by atoms with Crippen LogP contribution >= 0.6 is 11.6 Å². The highest BCUT2D eigenvalue weighted by molar-refractivity contribution is 6.29. The summed E-state index contributed by atoms with van der Waals surface area (Å²) in [5.41, 5.74) is 1.42. The van der Waals surface area contributed by atoms with Gasteiger partial charge in [-0.25, -0.2) is 9.78 Å². The molecule has 1 spiro atoms. The summed E-state index contributed by atoms with van der Waals surface area (Å²) in [7, 11) is 0. The number of halogens is 1. The van der Waals surface area contributed by atoms with E-state index in [2.05, 4.69) is 10.3 Å². The van der Waals surface area contributed by atoms with Crippen LogP contribution in [0.5, 0.6) is 0 Å². The Morgan fingerprint density at radius 3 is 2.86 bits per heavy atom. The van der Waals surface area contributed by atoms with E-state index in [4.69, 9.17) is 16.3 Å². The second-order valence-corrected chi connectivity index (χ2v) is 7.27. The van der Waals surface area contributed by atoms with E-state index in [1.54, 1.807) is 12.1 Å². The molecule has 8 heteroatoms. The molecule has 1 aromatic carbocycles. The molecule has 1 aliphatic heterocycles. The normalized spacial score (nSPS) is 20.8. The lowest BCUT2D eigenvalue weighted by atomic mass is 9.76. The maximum atomic E-state index is 13.1. The van der Waals surface area contributed by atoms with Gasteiger partial charge in [-0.3, -0.25) is 14.5 Å². The fourth-order valence-electron chi connectivity index (χ4n) is 3.79. The van der Waals surface area contributed by atoms with Gasteiger partial charge in [0.25, 0.3) is 5.91 Å². The minimum atomic E-state index is -1.09. The number of carbonyl (C=O) groups excluding carboxylic acids is 3. The number of urea groups is 1. The number of pyridine rings is 1. The number of benzene rings is 1. The minimum absolute atomic E-state index is 0.0133. The number of imide groups is 1. The molecule has 1 aromatic heterocycles. The van der Waals surface area contributed by atoms with Crippen LogP contribution in [0.25, 0.3) is 0 Å². The van der Waals surface area contributed by atoms with Gasteiger partial charge in [0.05, 0.1) is 0 Å². The summed E-state index contributed by atoms with van der Waals surface area (Å²) in [6, 6.07) is 10.3. The van der Waals surface area contributed by atoms with Gasteiger partial charge in [0.1, 0.15) is 23.8 Å². The molecular weight excluding hydrogens is 382 g/mol. The van der Waals surface area contributed by atoms with Crippen molar-refractivity contribution in [3.8, 4) is 0 Å². The first kappa shape index (κ1) is 18.4. The van der Waals surface area contributed by atoms with E-state index in [9.17, 15) is 14.4 Å². The molecule has 0 bridgehead atoms. The average Bonchev–Trinajstić information content (AvgIpc) is 2.93. The van der Waals surface area contributed by atoms with Crippen LogP contribution < -0.4 is 5.32 Å². The third-order valence-electron chi connectivity index (χ3n) is 5.13. The standard InChI is InChI=1S/C20H18ClN3O4/c21-16-8-7-13(10-22-16)12-28-17(25)11-24-18(26)20(23-19(24)27)9-3-5-14-4-1-2-6-15(14)20/h1-2,4,6-8,10H,3,5,9,11-12H2,(H,23,27). The molecule has 2 aliphatic rings. The van der Waals surface area contributed by atoms with Gasteiger partial charge in [-0.05, 0) is 36.5 Å². The highest BCUT2D eigenvalue weighted by Crippen LogP contribution is 2.39. The summed E-state index contributed by atoms with van der Waals surface area (Å²) in [4.78, 5) is 42.6. The Labute approximate surface area is 166 Å². The molecule has 0 radical (unpaired) electrons. The van der Waals surface area contributed by atoms with Crippen LogP contribution in [0, 0.1) is 0 Å². The van der Waals surface area contributed by atoms with E-state index in [0.29, 0.717) is 17.1 Å². The van der Waals surface area contributed by atoms with Gasteiger partial charge in [-0.1, -0.05) is 41.9 Å². The Morgan fingerprint density at radius 2 is 2.07 bits per heavy atom. The number of ether oxygens (including phenoxy) is 1. The quantitative estimate of drug-likeness (QED) is 0.485. The second kappa shape index (κ2) is 7.24. The lowest BCUT2D eigenvalue weighted by molar-refractivity contribution is -0.149. The fourth-order valence-corrected chi connectivity index (χ4v) is 3.90. The van der Waals surface area contributed by atoms with Crippen LogP contribution in [0.1, 0.15) is 29.5 Å². The van der Waals surface area contributed by atoms with Crippen molar-refractivity contribution in [1.82, 2.24) is 15.2 Å². The first-order chi connectivity index (χ1) is 13.5. The van der Waals surface area contributed by atoms with Crippen molar-refractivity contribution in [2.24, 2.45) is 0 Å². The summed E-state index contributed by atoms with van der Waals surface area (Å²) < 4.78 is 5.18. The number of aromatic nitrogens is 1. The van der Waals surface area contributed by atoms with E-state index >= 15 is 0 Å². The van der Waals surface area contributed by atoms with E-state index in [1.807, 2.05) is 24.3 Å². The van der Waals surface area contributed by atoms with Crippen molar-refractivity contribution >= 4 is 29.5 Å². The zero-order chi connectivity index (χ0) is 19.7. The van der Waals surface area contributed by atoms with Crippen LogP contribution in [0.3, 0.4) is 0 Å². The monoisotopic (exact) mass is 399 g/mol. The molecule has 2 heterocycles. The molecule has 0 saturated carbocycles. The number of hydrogen-bond donors (Lipinski definition) is 1. The number of hydrogen-bond acceptors (Lipinski definition) is 5. The fraction of sp³-hybridized carbons (Fsp3) is 0.300. The summed E-state index contributed by atoms with van der Waals surface area (Å²) in [5, 5.41) is 3.16. The lowest BCUT2D eigenvalue weighted by Crippen LogP contribution is -2.46. The largest absolute Gasteiger partial charge is 0.459 e. The number of amides is 3. The zero-order valence-electron chi connectivity index (χ0n) is 15.0. The molecule has 1 fully saturated rings.